The predicted octanol–water partition coefficient (Wildman–Crippen LogP) is 2.90. The molecule has 0 aliphatic rings. The van der Waals surface area contributed by atoms with Gasteiger partial charge in [-0.25, -0.2) is 0 Å². The van der Waals surface area contributed by atoms with Gasteiger partial charge in [-0.1, -0.05) is 6.07 Å². The van der Waals surface area contributed by atoms with Crippen molar-refractivity contribution in [3.63, 3.8) is 0 Å². The fraction of sp³-hybridized carbons (Fsp3) is 0.364. The summed E-state index contributed by atoms with van der Waals surface area (Å²) >= 11 is 0. The molecular formula is C11H10F3NO2. The van der Waals surface area contributed by atoms with Crippen LogP contribution in [0.25, 0.3) is 0 Å². The number of para-hydroxylation sites is 1. The normalized spacial score (nSPS) is 12.7. The molecule has 1 aromatic carbocycles. The van der Waals surface area contributed by atoms with E-state index in [1.165, 1.54) is 25.3 Å². The number of alkyl halides is 3. The number of hydrogen-bond acceptors (Lipinski definition) is 3. The number of nitriles is 1. The molecule has 1 aromatic rings. The standard InChI is InChI=1S/C11H10F3NO2/c1-7(11(12,13)14)17-10-8(6-15)4-3-5-9(10)16-2/h3-5,7H,1-2H3. The molecule has 0 fully saturated rings. The molecule has 1 rings (SSSR count). The highest BCUT2D eigenvalue weighted by Crippen LogP contribution is 2.34. The minimum atomic E-state index is -4.49. The van der Waals surface area contributed by atoms with Gasteiger partial charge in [-0.15, -0.1) is 0 Å². The highest BCUT2D eigenvalue weighted by molar-refractivity contribution is 5.52. The molecule has 0 saturated carbocycles. The molecule has 0 saturated heterocycles. The summed E-state index contributed by atoms with van der Waals surface area (Å²) in [7, 11) is 1.29. The zero-order chi connectivity index (χ0) is 13.1. The number of rotatable bonds is 3. The molecule has 0 amide bonds. The lowest BCUT2D eigenvalue weighted by Crippen LogP contribution is -2.31. The predicted molar refractivity (Wildman–Crippen MR) is 53.9 cm³/mol. The molecule has 0 spiro atoms. The van der Waals surface area contributed by atoms with E-state index in [1.807, 2.05) is 0 Å². The van der Waals surface area contributed by atoms with Crippen LogP contribution in [0.15, 0.2) is 18.2 Å². The van der Waals surface area contributed by atoms with Crippen molar-refractivity contribution in [3.05, 3.63) is 23.8 Å². The van der Waals surface area contributed by atoms with Gasteiger partial charge in [0.1, 0.15) is 6.07 Å². The van der Waals surface area contributed by atoms with Gasteiger partial charge in [-0.05, 0) is 19.1 Å². The van der Waals surface area contributed by atoms with E-state index in [0.717, 1.165) is 6.92 Å². The second kappa shape index (κ2) is 4.95. The lowest BCUT2D eigenvalue weighted by atomic mass is 10.2. The van der Waals surface area contributed by atoms with E-state index in [0.29, 0.717) is 0 Å². The van der Waals surface area contributed by atoms with E-state index in [4.69, 9.17) is 14.7 Å². The molecule has 92 valence electrons. The SMILES string of the molecule is COc1cccc(C#N)c1OC(C)C(F)(F)F. The van der Waals surface area contributed by atoms with E-state index < -0.39 is 12.3 Å². The van der Waals surface area contributed by atoms with E-state index in [-0.39, 0.29) is 17.1 Å². The summed E-state index contributed by atoms with van der Waals surface area (Å²) in [5, 5.41) is 8.79. The molecule has 0 N–H and O–H groups in total. The largest absolute Gasteiger partial charge is 0.493 e. The van der Waals surface area contributed by atoms with Gasteiger partial charge in [-0.2, -0.15) is 18.4 Å². The quantitative estimate of drug-likeness (QED) is 0.822. The van der Waals surface area contributed by atoms with Crippen molar-refractivity contribution in [3.8, 4) is 17.6 Å². The zero-order valence-corrected chi connectivity index (χ0v) is 9.21. The molecule has 3 nitrogen and oxygen atoms in total. The first-order valence-electron chi connectivity index (χ1n) is 4.70. The minimum Gasteiger partial charge on any atom is -0.493 e. The van der Waals surface area contributed by atoms with Crippen molar-refractivity contribution >= 4 is 0 Å². The maximum Gasteiger partial charge on any atom is 0.425 e. The Morgan fingerprint density at radius 3 is 2.47 bits per heavy atom. The highest BCUT2D eigenvalue weighted by Gasteiger charge is 2.38. The van der Waals surface area contributed by atoms with Crippen LogP contribution >= 0.6 is 0 Å². The van der Waals surface area contributed by atoms with Crippen molar-refractivity contribution in [1.82, 2.24) is 0 Å². The van der Waals surface area contributed by atoms with Crippen molar-refractivity contribution in [1.29, 1.82) is 5.26 Å². The number of halogens is 3. The maximum absolute atomic E-state index is 12.4. The van der Waals surface area contributed by atoms with E-state index in [2.05, 4.69) is 0 Å². The summed E-state index contributed by atoms with van der Waals surface area (Å²) in [6, 6.07) is 6.05. The topological polar surface area (TPSA) is 42.2 Å². The average Bonchev–Trinajstić information content (AvgIpc) is 2.28. The Bertz CT molecular complexity index is 437. The van der Waals surface area contributed by atoms with Crippen LogP contribution in [0.5, 0.6) is 11.5 Å². The number of benzene rings is 1. The maximum atomic E-state index is 12.4. The van der Waals surface area contributed by atoms with Gasteiger partial charge in [0.05, 0.1) is 12.7 Å². The minimum absolute atomic E-state index is 0.000417. The van der Waals surface area contributed by atoms with Crippen LogP contribution in [-0.2, 0) is 0 Å². The molecular weight excluding hydrogens is 235 g/mol. The van der Waals surface area contributed by atoms with Gasteiger partial charge in [-0.3, -0.25) is 0 Å². The third kappa shape index (κ3) is 3.03. The van der Waals surface area contributed by atoms with Gasteiger partial charge in [0.25, 0.3) is 0 Å². The zero-order valence-electron chi connectivity index (χ0n) is 9.21. The summed E-state index contributed by atoms with van der Waals surface area (Å²) in [4.78, 5) is 0. The van der Waals surface area contributed by atoms with Gasteiger partial charge < -0.3 is 9.47 Å². The summed E-state index contributed by atoms with van der Waals surface area (Å²) in [5.41, 5.74) is 0.000417. The Labute approximate surface area is 96.4 Å². The van der Waals surface area contributed by atoms with Crippen LogP contribution in [0.4, 0.5) is 13.2 Å². The van der Waals surface area contributed by atoms with Crippen molar-refractivity contribution in [2.75, 3.05) is 7.11 Å². The second-order valence-electron chi connectivity index (χ2n) is 3.25. The Morgan fingerprint density at radius 1 is 1.35 bits per heavy atom. The molecule has 6 heteroatoms. The van der Waals surface area contributed by atoms with Gasteiger partial charge in [0, 0.05) is 0 Å². The van der Waals surface area contributed by atoms with Crippen LogP contribution in [0.3, 0.4) is 0 Å². The van der Waals surface area contributed by atoms with Gasteiger partial charge in [0.15, 0.2) is 17.6 Å². The number of methoxy groups -OCH3 is 1. The Balaban J connectivity index is 3.09. The first-order chi connectivity index (χ1) is 7.90. The molecule has 1 atom stereocenters. The van der Waals surface area contributed by atoms with Crippen LogP contribution in [0.2, 0.25) is 0 Å². The molecule has 0 aromatic heterocycles. The third-order valence-corrected chi connectivity index (χ3v) is 2.07. The average molecular weight is 245 g/mol. The Hall–Kier alpha value is -1.90. The highest BCUT2D eigenvalue weighted by atomic mass is 19.4. The Kier molecular flexibility index (Phi) is 3.84. The summed E-state index contributed by atoms with van der Waals surface area (Å²) in [5.74, 6) is -0.0949. The summed E-state index contributed by atoms with van der Waals surface area (Å²) in [6.45, 7) is 0.869. The number of nitrogens with zero attached hydrogens (tertiary/aromatic N) is 1. The molecule has 0 radical (unpaired) electrons. The second-order valence-corrected chi connectivity index (χ2v) is 3.25. The molecule has 0 aliphatic carbocycles. The Morgan fingerprint density at radius 2 is 2.00 bits per heavy atom. The molecule has 0 heterocycles. The van der Waals surface area contributed by atoms with E-state index >= 15 is 0 Å². The fourth-order valence-corrected chi connectivity index (χ4v) is 1.13. The summed E-state index contributed by atoms with van der Waals surface area (Å²) in [6.07, 6.45) is -6.50. The molecule has 17 heavy (non-hydrogen) atoms. The van der Waals surface area contributed by atoms with E-state index in [9.17, 15) is 13.2 Å². The van der Waals surface area contributed by atoms with Gasteiger partial charge in [0.2, 0.25) is 0 Å². The molecule has 0 bridgehead atoms. The first kappa shape index (κ1) is 13.2. The van der Waals surface area contributed by atoms with Crippen LogP contribution in [0, 0.1) is 11.3 Å². The monoisotopic (exact) mass is 245 g/mol. The lowest BCUT2D eigenvalue weighted by Gasteiger charge is -2.19. The van der Waals surface area contributed by atoms with E-state index in [1.54, 1.807) is 6.07 Å². The van der Waals surface area contributed by atoms with Gasteiger partial charge >= 0.3 is 6.18 Å². The summed E-state index contributed by atoms with van der Waals surface area (Å²) < 4.78 is 46.7. The van der Waals surface area contributed by atoms with Crippen molar-refractivity contribution < 1.29 is 22.6 Å². The van der Waals surface area contributed by atoms with Crippen molar-refractivity contribution in [2.24, 2.45) is 0 Å². The van der Waals surface area contributed by atoms with Crippen LogP contribution in [0.1, 0.15) is 12.5 Å². The van der Waals surface area contributed by atoms with Crippen LogP contribution in [-0.4, -0.2) is 19.4 Å². The molecule has 1 unspecified atom stereocenters. The number of ether oxygens (including phenoxy) is 2. The molecule has 0 aliphatic heterocycles. The fourth-order valence-electron chi connectivity index (χ4n) is 1.13. The van der Waals surface area contributed by atoms with Crippen LogP contribution < -0.4 is 9.47 Å². The lowest BCUT2D eigenvalue weighted by molar-refractivity contribution is -0.189. The number of hydrogen-bond donors (Lipinski definition) is 0. The third-order valence-electron chi connectivity index (χ3n) is 2.07. The smallest absolute Gasteiger partial charge is 0.425 e. The first-order valence-corrected chi connectivity index (χ1v) is 4.70. The van der Waals surface area contributed by atoms with Crippen molar-refractivity contribution in [2.45, 2.75) is 19.2 Å².